The second-order valence-electron chi connectivity index (χ2n) is 3.65. The summed E-state index contributed by atoms with van der Waals surface area (Å²) in [6, 6.07) is 4.27. The van der Waals surface area contributed by atoms with Gasteiger partial charge in [-0.1, -0.05) is 6.92 Å². The highest BCUT2D eigenvalue weighted by Gasteiger charge is 2.20. The van der Waals surface area contributed by atoms with Gasteiger partial charge in [0.15, 0.2) is 0 Å². The van der Waals surface area contributed by atoms with Crippen LogP contribution in [0.4, 0.5) is 16.2 Å². The van der Waals surface area contributed by atoms with Crippen LogP contribution in [0.5, 0.6) is 5.75 Å². The van der Waals surface area contributed by atoms with Crippen molar-refractivity contribution in [2.75, 3.05) is 10.6 Å². The summed E-state index contributed by atoms with van der Waals surface area (Å²) in [5.41, 5.74) is 6.12. The minimum absolute atomic E-state index is 0.105. The van der Waals surface area contributed by atoms with Crippen molar-refractivity contribution < 1.29 is 15.0 Å². The lowest BCUT2D eigenvalue weighted by Crippen LogP contribution is -2.37. The van der Waals surface area contributed by atoms with Gasteiger partial charge >= 0.3 is 6.09 Å². The lowest BCUT2D eigenvalue weighted by molar-refractivity contribution is 0.199. The normalized spacial score (nSPS) is 12.1. The Kier molecular flexibility index (Phi) is 3.60. The van der Waals surface area contributed by atoms with Crippen LogP contribution in [0, 0.1) is 0 Å². The van der Waals surface area contributed by atoms with Gasteiger partial charge in [0.1, 0.15) is 5.75 Å². The first-order valence-electron chi connectivity index (χ1n) is 5.08. The molecule has 1 amide bonds. The summed E-state index contributed by atoms with van der Waals surface area (Å²) in [7, 11) is 0. The Morgan fingerprint density at radius 2 is 2.19 bits per heavy atom. The zero-order valence-corrected chi connectivity index (χ0v) is 9.34. The first-order chi connectivity index (χ1) is 7.47. The van der Waals surface area contributed by atoms with Crippen molar-refractivity contribution in [3.63, 3.8) is 0 Å². The number of carbonyl (C=O) groups is 1. The van der Waals surface area contributed by atoms with E-state index in [4.69, 9.17) is 10.8 Å². The molecule has 0 unspecified atom stereocenters. The summed E-state index contributed by atoms with van der Waals surface area (Å²) >= 11 is 0. The van der Waals surface area contributed by atoms with Gasteiger partial charge in [0.05, 0.1) is 11.4 Å². The molecule has 0 aromatic heterocycles. The molecule has 5 nitrogen and oxygen atoms in total. The molecule has 1 rings (SSSR count). The third-order valence-electron chi connectivity index (χ3n) is 2.53. The van der Waals surface area contributed by atoms with Crippen LogP contribution < -0.4 is 10.6 Å². The smallest absolute Gasteiger partial charge is 0.412 e. The van der Waals surface area contributed by atoms with Gasteiger partial charge in [-0.25, -0.2) is 4.79 Å². The summed E-state index contributed by atoms with van der Waals surface area (Å²) in [5, 5.41) is 18.5. The fourth-order valence-corrected chi connectivity index (χ4v) is 1.42. The lowest BCUT2D eigenvalue weighted by Gasteiger charge is -2.25. The monoisotopic (exact) mass is 224 g/mol. The number of nitrogen functional groups attached to an aromatic ring is 1. The van der Waals surface area contributed by atoms with E-state index >= 15 is 0 Å². The summed E-state index contributed by atoms with van der Waals surface area (Å²) in [4.78, 5) is 12.3. The van der Waals surface area contributed by atoms with Gasteiger partial charge in [-0.05, 0) is 25.5 Å². The largest absolute Gasteiger partial charge is 0.506 e. The van der Waals surface area contributed by atoms with Crippen LogP contribution in [0.3, 0.4) is 0 Å². The molecular formula is C11H16N2O3. The average Bonchev–Trinajstić information content (AvgIpc) is 2.22. The van der Waals surface area contributed by atoms with Crippen molar-refractivity contribution in [1.29, 1.82) is 0 Å². The molecule has 16 heavy (non-hydrogen) atoms. The molecule has 5 heteroatoms. The van der Waals surface area contributed by atoms with Crippen molar-refractivity contribution in [3.8, 4) is 5.75 Å². The van der Waals surface area contributed by atoms with Crippen LogP contribution in [-0.2, 0) is 0 Å². The van der Waals surface area contributed by atoms with Crippen LogP contribution in [0.1, 0.15) is 20.3 Å². The number of phenols is 1. The van der Waals surface area contributed by atoms with E-state index in [1.54, 1.807) is 6.07 Å². The van der Waals surface area contributed by atoms with E-state index < -0.39 is 6.09 Å². The molecule has 0 aliphatic rings. The Hall–Kier alpha value is -1.91. The minimum atomic E-state index is -1.04. The van der Waals surface area contributed by atoms with E-state index in [1.165, 1.54) is 17.0 Å². The highest BCUT2D eigenvalue weighted by molar-refractivity contribution is 5.87. The Morgan fingerprint density at radius 1 is 1.56 bits per heavy atom. The van der Waals surface area contributed by atoms with Crippen molar-refractivity contribution >= 4 is 17.5 Å². The first-order valence-corrected chi connectivity index (χ1v) is 5.08. The predicted molar refractivity (Wildman–Crippen MR) is 62.8 cm³/mol. The Morgan fingerprint density at radius 3 is 2.62 bits per heavy atom. The van der Waals surface area contributed by atoms with Crippen molar-refractivity contribution in [2.45, 2.75) is 26.3 Å². The Bertz CT molecular complexity index is 393. The standard InChI is InChI=1S/C11H16N2O3/c1-3-7(2)13(11(15)16)8-4-5-9(12)10(14)6-8/h4-7,14H,3,12H2,1-2H3,(H,15,16)/t7-/m0/s1. The number of carboxylic acid groups (broad SMARTS) is 1. The quantitative estimate of drug-likeness (QED) is 0.543. The number of hydrogen-bond acceptors (Lipinski definition) is 3. The number of anilines is 2. The molecule has 0 aliphatic heterocycles. The summed E-state index contributed by atoms with van der Waals surface area (Å²) in [6.45, 7) is 3.71. The number of nitrogens with two attached hydrogens (primary N) is 1. The van der Waals surface area contributed by atoms with Gasteiger partial charge in [0, 0.05) is 12.1 Å². The molecule has 0 bridgehead atoms. The second-order valence-corrected chi connectivity index (χ2v) is 3.65. The lowest BCUT2D eigenvalue weighted by atomic mass is 10.2. The number of benzene rings is 1. The van der Waals surface area contributed by atoms with Crippen LogP contribution in [0.25, 0.3) is 0 Å². The van der Waals surface area contributed by atoms with Crippen LogP contribution in [-0.4, -0.2) is 22.3 Å². The van der Waals surface area contributed by atoms with E-state index in [9.17, 15) is 9.90 Å². The third kappa shape index (κ3) is 2.36. The van der Waals surface area contributed by atoms with Gasteiger partial charge in [-0.15, -0.1) is 0 Å². The van der Waals surface area contributed by atoms with E-state index in [1.807, 2.05) is 13.8 Å². The number of amides is 1. The molecule has 0 heterocycles. The topological polar surface area (TPSA) is 86.8 Å². The molecule has 0 saturated carbocycles. The molecule has 1 atom stereocenters. The van der Waals surface area contributed by atoms with E-state index in [0.717, 1.165) is 0 Å². The molecule has 0 fully saturated rings. The number of phenolic OH excluding ortho intramolecular Hbond substituents is 1. The first kappa shape index (κ1) is 12.2. The third-order valence-corrected chi connectivity index (χ3v) is 2.53. The van der Waals surface area contributed by atoms with Crippen LogP contribution in [0.2, 0.25) is 0 Å². The second kappa shape index (κ2) is 4.74. The van der Waals surface area contributed by atoms with Gasteiger partial charge in [-0.3, -0.25) is 4.90 Å². The highest BCUT2D eigenvalue weighted by Crippen LogP contribution is 2.28. The number of hydrogen-bond donors (Lipinski definition) is 3. The maximum absolute atomic E-state index is 11.1. The predicted octanol–water partition coefficient (Wildman–Crippen LogP) is 2.26. The van der Waals surface area contributed by atoms with Crippen molar-refractivity contribution in [1.82, 2.24) is 0 Å². The van der Waals surface area contributed by atoms with Crippen molar-refractivity contribution in [3.05, 3.63) is 18.2 Å². The molecule has 0 aliphatic carbocycles. The zero-order chi connectivity index (χ0) is 12.3. The maximum Gasteiger partial charge on any atom is 0.412 e. The van der Waals surface area contributed by atoms with E-state index in [-0.39, 0.29) is 17.5 Å². The van der Waals surface area contributed by atoms with Crippen LogP contribution in [0.15, 0.2) is 18.2 Å². The van der Waals surface area contributed by atoms with E-state index in [0.29, 0.717) is 12.1 Å². The molecule has 1 aromatic rings. The Labute approximate surface area is 94.1 Å². The fraction of sp³-hybridized carbons (Fsp3) is 0.364. The number of rotatable bonds is 3. The summed E-state index contributed by atoms with van der Waals surface area (Å²) in [5.74, 6) is -0.105. The van der Waals surface area contributed by atoms with Crippen molar-refractivity contribution in [2.24, 2.45) is 0 Å². The summed E-state index contributed by atoms with van der Waals surface area (Å²) in [6.07, 6.45) is -0.351. The molecule has 88 valence electrons. The number of aromatic hydroxyl groups is 1. The molecule has 0 radical (unpaired) electrons. The summed E-state index contributed by atoms with van der Waals surface area (Å²) < 4.78 is 0. The SMILES string of the molecule is CC[C@H](C)N(C(=O)O)c1ccc(N)c(O)c1. The fourth-order valence-electron chi connectivity index (χ4n) is 1.42. The van der Waals surface area contributed by atoms with Crippen LogP contribution >= 0.6 is 0 Å². The average molecular weight is 224 g/mol. The molecule has 1 aromatic carbocycles. The molecule has 4 N–H and O–H groups in total. The number of nitrogens with zero attached hydrogens (tertiary/aromatic N) is 1. The maximum atomic E-state index is 11.1. The zero-order valence-electron chi connectivity index (χ0n) is 9.34. The van der Waals surface area contributed by atoms with Gasteiger partial charge < -0.3 is 15.9 Å². The minimum Gasteiger partial charge on any atom is -0.506 e. The molecule has 0 saturated heterocycles. The molecular weight excluding hydrogens is 208 g/mol. The Balaban J connectivity index is 3.11. The van der Waals surface area contributed by atoms with Gasteiger partial charge in [0.25, 0.3) is 0 Å². The van der Waals surface area contributed by atoms with Gasteiger partial charge in [0.2, 0.25) is 0 Å². The highest BCUT2D eigenvalue weighted by atomic mass is 16.4. The van der Waals surface area contributed by atoms with Gasteiger partial charge in [-0.2, -0.15) is 0 Å². The molecule has 0 spiro atoms. The van der Waals surface area contributed by atoms with E-state index in [2.05, 4.69) is 0 Å².